The molecule has 168 valence electrons. The van der Waals surface area contributed by atoms with Gasteiger partial charge < -0.3 is 15.1 Å². The maximum absolute atomic E-state index is 12.8. The van der Waals surface area contributed by atoms with Crippen LogP contribution < -0.4 is 0 Å². The molecule has 1 fully saturated rings. The quantitative estimate of drug-likeness (QED) is 0.550. The predicted molar refractivity (Wildman–Crippen MR) is 129 cm³/mol. The highest BCUT2D eigenvalue weighted by molar-refractivity contribution is 7.14. The van der Waals surface area contributed by atoms with E-state index in [0.717, 1.165) is 27.3 Å². The summed E-state index contributed by atoms with van der Waals surface area (Å²) in [5.74, 6) is -0.0481. The van der Waals surface area contributed by atoms with Crippen molar-refractivity contribution in [2.75, 3.05) is 19.7 Å². The number of amides is 1. The molecule has 0 bridgehead atoms. The van der Waals surface area contributed by atoms with Gasteiger partial charge in [-0.15, -0.1) is 11.3 Å². The molecule has 0 saturated carbocycles. The molecular formula is C25H27ClN2O3S. The Morgan fingerprint density at radius 1 is 1.19 bits per heavy atom. The Kier molecular flexibility index (Phi) is 6.67. The van der Waals surface area contributed by atoms with E-state index in [9.17, 15) is 15.0 Å². The van der Waals surface area contributed by atoms with Crippen LogP contribution in [0.3, 0.4) is 0 Å². The average Bonchev–Trinajstić information content (AvgIpc) is 3.29. The summed E-state index contributed by atoms with van der Waals surface area (Å²) in [6.07, 6.45) is 2.68. The number of benzene rings is 1. The number of carbonyl (C=O) groups excluding carboxylic acids is 1. The van der Waals surface area contributed by atoms with E-state index in [4.69, 9.17) is 11.6 Å². The first kappa shape index (κ1) is 22.9. The van der Waals surface area contributed by atoms with E-state index in [-0.39, 0.29) is 18.6 Å². The standard InChI is InChI=1S/C25H27ClN2O3S/c1-25(2,15-29)23-13-16(5-8-27-23)18-12-22(32-14-18)20-4-3-17(11-21(20)26)24(31)28-9-6-19(30)7-10-28/h3-5,8,11-14,19,29-30H,6-7,9-10,15H2,1-2H3. The maximum atomic E-state index is 12.8. The molecular weight excluding hydrogens is 444 g/mol. The number of halogens is 1. The number of carbonyl (C=O) groups is 1. The van der Waals surface area contributed by atoms with E-state index in [2.05, 4.69) is 16.4 Å². The van der Waals surface area contributed by atoms with E-state index in [1.807, 2.05) is 38.1 Å². The van der Waals surface area contributed by atoms with Crippen molar-refractivity contribution in [3.05, 3.63) is 64.3 Å². The van der Waals surface area contributed by atoms with E-state index in [1.165, 1.54) is 0 Å². The number of aliphatic hydroxyl groups excluding tert-OH is 2. The van der Waals surface area contributed by atoms with Gasteiger partial charge in [0.25, 0.3) is 5.91 Å². The lowest BCUT2D eigenvalue weighted by Gasteiger charge is -2.29. The largest absolute Gasteiger partial charge is 0.395 e. The van der Waals surface area contributed by atoms with Crippen molar-refractivity contribution >= 4 is 28.8 Å². The zero-order chi connectivity index (χ0) is 22.9. The van der Waals surface area contributed by atoms with E-state index in [0.29, 0.717) is 36.5 Å². The molecule has 0 atom stereocenters. The van der Waals surface area contributed by atoms with Crippen LogP contribution in [0.4, 0.5) is 0 Å². The van der Waals surface area contributed by atoms with E-state index in [1.54, 1.807) is 28.5 Å². The summed E-state index contributed by atoms with van der Waals surface area (Å²) in [5, 5.41) is 21.9. The fraction of sp³-hybridized carbons (Fsp3) is 0.360. The number of likely N-dealkylation sites (tertiary alicyclic amines) is 1. The van der Waals surface area contributed by atoms with Gasteiger partial charge in [0.15, 0.2) is 0 Å². The lowest BCUT2D eigenvalue weighted by Crippen LogP contribution is -2.40. The zero-order valence-electron chi connectivity index (χ0n) is 18.2. The molecule has 1 amide bonds. The number of piperidine rings is 1. The minimum atomic E-state index is -0.410. The summed E-state index contributed by atoms with van der Waals surface area (Å²) in [7, 11) is 0. The molecule has 4 rings (SSSR count). The first-order valence-corrected chi connectivity index (χ1v) is 12.0. The molecule has 0 radical (unpaired) electrons. The minimum absolute atomic E-state index is 0.0248. The van der Waals surface area contributed by atoms with Crippen LogP contribution >= 0.6 is 22.9 Å². The predicted octanol–water partition coefficient (Wildman–Crippen LogP) is 5.00. The third-order valence-electron chi connectivity index (χ3n) is 6.01. The molecule has 32 heavy (non-hydrogen) atoms. The summed E-state index contributed by atoms with van der Waals surface area (Å²) in [6.45, 7) is 5.08. The van der Waals surface area contributed by atoms with Gasteiger partial charge in [-0.25, -0.2) is 0 Å². The lowest BCUT2D eigenvalue weighted by molar-refractivity contribution is 0.0546. The highest BCUT2D eigenvalue weighted by Gasteiger charge is 2.24. The van der Waals surface area contributed by atoms with Crippen LogP contribution in [0.25, 0.3) is 21.6 Å². The second-order valence-electron chi connectivity index (χ2n) is 8.89. The molecule has 0 spiro atoms. The Hall–Kier alpha value is -2.25. The summed E-state index contributed by atoms with van der Waals surface area (Å²) < 4.78 is 0. The van der Waals surface area contributed by atoms with Gasteiger partial charge >= 0.3 is 0 Å². The van der Waals surface area contributed by atoms with Crippen LogP contribution in [-0.4, -0.2) is 51.8 Å². The smallest absolute Gasteiger partial charge is 0.253 e. The van der Waals surface area contributed by atoms with Crippen LogP contribution in [0.5, 0.6) is 0 Å². The number of hydrogen-bond acceptors (Lipinski definition) is 5. The third-order valence-corrected chi connectivity index (χ3v) is 7.29. The van der Waals surface area contributed by atoms with E-state index < -0.39 is 5.41 Å². The molecule has 1 saturated heterocycles. The first-order valence-electron chi connectivity index (χ1n) is 10.7. The molecule has 3 heterocycles. The Labute approximate surface area is 197 Å². The number of aromatic nitrogens is 1. The summed E-state index contributed by atoms with van der Waals surface area (Å²) >= 11 is 8.18. The van der Waals surface area contributed by atoms with Gasteiger partial charge in [-0.2, -0.15) is 0 Å². The Morgan fingerprint density at radius 2 is 1.94 bits per heavy atom. The second kappa shape index (κ2) is 9.32. The maximum Gasteiger partial charge on any atom is 0.253 e. The lowest BCUT2D eigenvalue weighted by atomic mass is 9.88. The van der Waals surface area contributed by atoms with Crippen molar-refractivity contribution in [2.45, 2.75) is 38.2 Å². The van der Waals surface area contributed by atoms with Gasteiger partial charge in [-0.05, 0) is 59.7 Å². The summed E-state index contributed by atoms with van der Waals surface area (Å²) in [5.41, 5.74) is 3.99. The highest BCUT2D eigenvalue weighted by Crippen LogP contribution is 2.37. The monoisotopic (exact) mass is 470 g/mol. The molecule has 5 nitrogen and oxygen atoms in total. The minimum Gasteiger partial charge on any atom is -0.395 e. The summed E-state index contributed by atoms with van der Waals surface area (Å²) in [6, 6.07) is 11.5. The fourth-order valence-electron chi connectivity index (χ4n) is 3.79. The highest BCUT2D eigenvalue weighted by atomic mass is 35.5. The molecule has 1 aromatic carbocycles. The van der Waals surface area contributed by atoms with Crippen LogP contribution in [0.15, 0.2) is 48.0 Å². The van der Waals surface area contributed by atoms with Crippen molar-refractivity contribution in [3.8, 4) is 21.6 Å². The topological polar surface area (TPSA) is 73.7 Å². The number of hydrogen-bond donors (Lipinski definition) is 2. The van der Waals surface area contributed by atoms with Crippen LogP contribution in [0, 0.1) is 0 Å². The molecule has 7 heteroatoms. The van der Waals surface area contributed by atoms with Crippen LogP contribution in [0.2, 0.25) is 5.02 Å². The molecule has 0 unspecified atom stereocenters. The SMILES string of the molecule is CC(C)(CO)c1cc(-c2csc(-c3ccc(C(=O)N4CCC(O)CC4)cc3Cl)c2)ccn1. The van der Waals surface area contributed by atoms with Crippen molar-refractivity contribution < 1.29 is 15.0 Å². The summed E-state index contributed by atoms with van der Waals surface area (Å²) in [4.78, 5) is 20.0. The molecule has 1 aliphatic heterocycles. The van der Waals surface area contributed by atoms with E-state index >= 15 is 0 Å². The number of nitrogens with zero attached hydrogens (tertiary/aromatic N) is 2. The number of thiophene rings is 1. The van der Waals surface area contributed by atoms with Crippen molar-refractivity contribution in [2.24, 2.45) is 0 Å². The van der Waals surface area contributed by atoms with Crippen LogP contribution in [0.1, 0.15) is 42.7 Å². The number of aliphatic hydroxyl groups is 2. The Morgan fingerprint density at radius 3 is 2.62 bits per heavy atom. The van der Waals surface area contributed by atoms with Crippen LogP contribution in [-0.2, 0) is 5.41 Å². The van der Waals surface area contributed by atoms with Crippen molar-refractivity contribution in [1.82, 2.24) is 9.88 Å². The zero-order valence-corrected chi connectivity index (χ0v) is 19.8. The normalized spacial score (nSPS) is 15.2. The van der Waals surface area contributed by atoms with Gasteiger partial charge in [0.2, 0.25) is 0 Å². The van der Waals surface area contributed by atoms with Gasteiger partial charge in [0, 0.05) is 46.4 Å². The molecule has 1 aliphatic rings. The first-order chi connectivity index (χ1) is 15.3. The van der Waals surface area contributed by atoms with Gasteiger partial charge in [-0.1, -0.05) is 31.5 Å². The average molecular weight is 471 g/mol. The fourth-order valence-corrected chi connectivity index (χ4v) is 5.09. The van der Waals surface area contributed by atoms with Gasteiger partial charge in [0.1, 0.15) is 0 Å². The molecule has 2 aromatic heterocycles. The molecule has 0 aliphatic carbocycles. The van der Waals surface area contributed by atoms with Gasteiger partial charge in [0.05, 0.1) is 17.7 Å². The van der Waals surface area contributed by atoms with Gasteiger partial charge in [-0.3, -0.25) is 9.78 Å². The Bertz CT molecular complexity index is 1120. The molecule has 3 aromatic rings. The van der Waals surface area contributed by atoms with Crippen molar-refractivity contribution in [1.29, 1.82) is 0 Å². The number of rotatable bonds is 5. The Balaban J connectivity index is 1.56. The third kappa shape index (κ3) is 4.74. The number of pyridine rings is 1. The second-order valence-corrected chi connectivity index (χ2v) is 10.2. The molecule has 2 N–H and O–H groups in total. The van der Waals surface area contributed by atoms with Crippen molar-refractivity contribution in [3.63, 3.8) is 0 Å².